The number of rotatable bonds is 0. The zero-order chi connectivity index (χ0) is 15.8. The molecule has 3 nitrogen and oxygen atoms in total. The van der Waals surface area contributed by atoms with E-state index in [-0.39, 0.29) is 0 Å². The second kappa shape index (κ2) is 3.46. The van der Waals surface area contributed by atoms with Gasteiger partial charge in [0.05, 0.1) is 22.7 Å². The number of hydrogen-bond donors (Lipinski definition) is 0. The number of nitrogens with zero attached hydrogens (tertiary/aromatic N) is 3. The second-order valence-corrected chi connectivity index (χ2v) is 6.01. The molecule has 0 bridgehead atoms. The SMILES string of the molecule is [2H]C([2H])([2H])n1c2cnccc2c2c1sc1[n+]2Cc2ccccc2-1. The summed E-state index contributed by atoms with van der Waals surface area (Å²) in [6, 6.07) is 10.2. The van der Waals surface area contributed by atoms with E-state index in [1.165, 1.54) is 15.7 Å². The van der Waals surface area contributed by atoms with Crippen molar-refractivity contribution in [3.63, 3.8) is 0 Å². The highest BCUT2D eigenvalue weighted by molar-refractivity contribution is 7.21. The van der Waals surface area contributed by atoms with Crippen LogP contribution in [-0.4, -0.2) is 9.55 Å². The summed E-state index contributed by atoms with van der Waals surface area (Å²) in [7, 11) is 0. The maximum Gasteiger partial charge on any atom is 0.272 e. The molecule has 0 amide bonds. The lowest BCUT2D eigenvalue weighted by Crippen LogP contribution is -2.30. The molecule has 96 valence electrons. The number of aryl methyl sites for hydroxylation is 1. The van der Waals surface area contributed by atoms with Crippen LogP contribution in [0.15, 0.2) is 42.7 Å². The first-order valence-corrected chi connectivity index (χ1v) is 7.27. The minimum atomic E-state index is -2.22. The molecular formula is C16H12N3S+. The summed E-state index contributed by atoms with van der Waals surface area (Å²) >= 11 is 1.55. The average molecular weight is 281 g/mol. The number of aromatic nitrogens is 3. The van der Waals surface area contributed by atoms with Crippen molar-refractivity contribution in [1.82, 2.24) is 9.55 Å². The predicted molar refractivity (Wildman–Crippen MR) is 80.8 cm³/mol. The van der Waals surface area contributed by atoms with Crippen LogP contribution in [0, 0.1) is 0 Å². The lowest BCUT2D eigenvalue weighted by molar-refractivity contribution is -0.641. The van der Waals surface area contributed by atoms with Gasteiger partial charge in [-0.15, -0.1) is 0 Å². The fourth-order valence-electron chi connectivity index (χ4n) is 3.09. The van der Waals surface area contributed by atoms with Crippen molar-refractivity contribution in [3.8, 4) is 10.6 Å². The normalized spacial score (nSPS) is 15.9. The van der Waals surface area contributed by atoms with Gasteiger partial charge in [-0.05, 0) is 23.5 Å². The summed E-state index contributed by atoms with van der Waals surface area (Å²) in [5.74, 6) is 0. The van der Waals surface area contributed by atoms with Gasteiger partial charge >= 0.3 is 0 Å². The minimum Gasteiger partial charge on any atom is -0.329 e. The van der Waals surface area contributed by atoms with Gasteiger partial charge in [-0.3, -0.25) is 4.98 Å². The lowest BCUT2D eigenvalue weighted by atomic mass is 10.1. The van der Waals surface area contributed by atoms with Gasteiger partial charge in [-0.1, -0.05) is 18.2 Å². The van der Waals surface area contributed by atoms with E-state index in [9.17, 15) is 0 Å². The van der Waals surface area contributed by atoms with Crippen LogP contribution in [0.5, 0.6) is 0 Å². The molecule has 1 aliphatic rings. The third kappa shape index (κ3) is 1.11. The van der Waals surface area contributed by atoms with Gasteiger partial charge in [0.2, 0.25) is 0 Å². The van der Waals surface area contributed by atoms with Crippen molar-refractivity contribution in [2.24, 2.45) is 6.98 Å². The lowest BCUT2D eigenvalue weighted by Gasteiger charge is -1.93. The second-order valence-electron chi connectivity index (χ2n) is 5.03. The summed E-state index contributed by atoms with van der Waals surface area (Å²) < 4.78 is 27.4. The Balaban J connectivity index is 1.96. The standard InChI is InChI=1S/C16H12N3S/c1-18-13-8-17-7-6-12(13)14-16(18)20-15-11-5-3-2-4-10(11)9-19(14)15/h2-8H,9H2,1H3/q+1/i1D3. The van der Waals surface area contributed by atoms with Crippen molar-refractivity contribution >= 4 is 32.6 Å². The number of pyridine rings is 1. The number of hydrogen-bond acceptors (Lipinski definition) is 2. The van der Waals surface area contributed by atoms with E-state index in [2.05, 4.69) is 21.7 Å². The van der Waals surface area contributed by atoms with Gasteiger partial charge in [-0.25, -0.2) is 0 Å². The Morgan fingerprint density at radius 1 is 1.35 bits per heavy atom. The fraction of sp³-hybridized carbons (Fsp3) is 0.125. The van der Waals surface area contributed by atoms with E-state index >= 15 is 0 Å². The maximum absolute atomic E-state index is 7.92. The highest BCUT2D eigenvalue weighted by Crippen LogP contribution is 2.38. The molecular weight excluding hydrogens is 266 g/mol. The van der Waals surface area contributed by atoms with E-state index in [1.54, 1.807) is 23.7 Å². The molecule has 0 aliphatic carbocycles. The monoisotopic (exact) mass is 281 g/mol. The maximum atomic E-state index is 7.92. The Kier molecular flexibility index (Phi) is 1.41. The first-order chi connectivity index (χ1) is 11.1. The Morgan fingerprint density at radius 3 is 3.25 bits per heavy atom. The van der Waals surface area contributed by atoms with E-state index in [0.717, 1.165) is 27.3 Å². The van der Waals surface area contributed by atoms with Crippen LogP contribution >= 0.6 is 11.3 Å². The van der Waals surface area contributed by atoms with Crippen LogP contribution in [0.2, 0.25) is 0 Å². The number of benzene rings is 1. The van der Waals surface area contributed by atoms with Crippen molar-refractivity contribution in [3.05, 3.63) is 48.3 Å². The molecule has 4 heteroatoms. The van der Waals surface area contributed by atoms with Crippen LogP contribution in [-0.2, 0) is 13.5 Å². The molecule has 1 aromatic carbocycles. The topological polar surface area (TPSA) is 21.7 Å². The van der Waals surface area contributed by atoms with Gasteiger partial charge in [0, 0.05) is 22.8 Å². The summed E-state index contributed by atoms with van der Waals surface area (Å²) in [6.45, 7) is -1.43. The van der Waals surface area contributed by atoms with E-state index < -0.39 is 6.98 Å². The summed E-state index contributed by atoms with van der Waals surface area (Å²) in [4.78, 5) is 4.91. The molecule has 0 saturated carbocycles. The van der Waals surface area contributed by atoms with Crippen LogP contribution < -0.4 is 4.57 Å². The van der Waals surface area contributed by atoms with Crippen LogP contribution in [0.1, 0.15) is 9.68 Å². The Morgan fingerprint density at radius 2 is 2.30 bits per heavy atom. The Bertz CT molecular complexity index is 1090. The predicted octanol–water partition coefficient (Wildman–Crippen LogP) is 3.10. The van der Waals surface area contributed by atoms with Crippen LogP contribution in [0.4, 0.5) is 0 Å². The van der Waals surface area contributed by atoms with Gasteiger partial charge < -0.3 is 4.57 Å². The van der Waals surface area contributed by atoms with Gasteiger partial charge in [-0.2, -0.15) is 4.57 Å². The summed E-state index contributed by atoms with van der Waals surface area (Å²) in [5.41, 5.74) is 4.15. The van der Waals surface area contributed by atoms with E-state index in [0.29, 0.717) is 5.52 Å². The third-order valence-electron chi connectivity index (χ3n) is 3.99. The molecule has 1 aliphatic heterocycles. The van der Waals surface area contributed by atoms with Crippen molar-refractivity contribution in [2.45, 2.75) is 6.54 Å². The van der Waals surface area contributed by atoms with Crippen LogP contribution in [0.3, 0.4) is 0 Å². The average Bonchev–Trinajstić information content (AvgIpc) is 3.12. The zero-order valence-electron chi connectivity index (χ0n) is 13.5. The molecule has 0 spiro atoms. The molecule has 0 N–H and O–H groups in total. The molecule has 4 heterocycles. The highest BCUT2D eigenvalue weighted by atomic mass is 32.1. The molecule has 5 rings (SSSR count). The van der Waals surface area contributed by atoms with Gasteiger partial charge in [0.25, 0.3) is 10.5 Å². The minimum absolute atomic E-state index is 0.667. The van der Waals surface area contributed by atoms with Crippen molar-refractivity contribution in [1.29, 1.82) is 0 Å². The summed E-state index contributed by atoms with van der Waals surface area (Å²) in [6.07, 6.45) is 3.36. The third-order valence-corrected chi connectivity index (χ3v) is 5.19. The fourth-order valence-corrected chi connectivity index (χ4v) is 4.35. The Hall–Kier alpha value is -2.20. The molecule has 3 aromatic heterocycles. The molecule has 0 saturated heterocycles. The highest BCUT2D eigenvalue weighted by Gasteiger charge is 2.34. The van der Waals surface area contributed by atoms with Gasteiger partial charge in [0.1, 0.15) is 0 Å². The van der Waals surface area contributed by atoms with E-state index in [4.69, 9.17) is 4.11 Å². The largest absolute Gasteiger partial charge is 0.329 e. The smallest absolute Gasteiger partial charge is 0.272 e. The molecule has 4 aromatic rings. The van der Waals surface area contributed by atoms with Gasteiger partial charge in [0.15, 0.2) is 11.4 Å². The molecule has 0 unspecified atom stereocenters. The summed E-state index contributed by atoms with van der Waals surface area (Å²) in [5, 5.41) is 2.07. The van der Waals surface area contributed by atoms with Crippen molar-refractivity contribution in [2.75, 3.05) is 0 Å². The quantitative estimate of drug-likeness (QED) is 0.400. The Labute approximate surface area is 123 Å². The van der Waals surface area contributed by atoms with E-state index in [1.807, 2.05) is 18.2 Å². The molecule has 0 atom stereocenters. The molecule has 20 heavy (non-hydrogen) atoms. The number of fused-ring (bicyclic) bond motifs is 7. The first-order valence-electron chi connectivity index (χ1n) is 7.95. The first kappa shape index (κ1) is 8.17. The molecule has 0 fully saturated rings. The molecule has 0 radical (unpaired) electrons. The van der Waals surface area contributed by atoms with Crippen molar-refractivity contribution < 1.29 is 8.68 Å². The van der Waals surface area contributed by atoms with Crippen LogP contribution in [0.25, 0.3) is 31.8 Å². The zero-order valence-corrected chi connectivity index (χ0v) is 11.3. The number of thiazole rings is 1.